The molecule has 4 aromatic rings. The van der Waals surface area contributed by atoms with Crippen LogP contribution in [-0.2, 0) is 10.2 Å². The third-order valence-electron chi connectivity index (χ3n) is 7.06. The number of anilines is 1. The average molecular weight is 409 g/mol. The maximum Gasteiger partial charge on any atom is 0.268 e. The van der Waals surface area contributed by atoms with Crippen LogP contribution in [0.5, 0.6) is 5.75 Å². The van der Waals surface area contributed by atoms with Gasteiger partial charge in [-0.25, -0.2) is 4.99 Å². The summed E-state index contributed by atoms with van der Waals surface area (Å²) in [5.41, 5.74) is 1.90. The van der Waals surface area contributed by atoms with Crippen molar-refractivity contribution in [1.29, 1.82) is 0 Å². The smallest absolute Gasteiger partial charge is 0.268 e. The van der Waals surface area contributed by atoms with Gasteiger partial charge in [0.1, 0.15) is 5.69 Å². The highest BCUT2D eigenvalue weighted by Gasteiger charge is 2.64. The second kappa shape index (κ2) is 6.01. The first-order chi connectivity index (χ1) is 15.0. The van der Waals surface area contributed by atoms with Gasteiger partial charge in [0.2, 0.25) is 0 Å². The van der Waals surface area contributed by atoms with Crippen LogP contribution in [0, 0.1) is 0 Å². The lowest BCUT2D eigenvalue weighted by Crippen LogP contribution is -2.65. The molecule has 0 fully saturated rings. The van der Waals surface area contributed by atoms with Crippen LogP contribution in [-0.4, -0.2) is 25.8 Å². The molecule has 6 rings (SSSR count). The molecule has 2 aliphatic rings. The number of benzene rings is 4. The highest BCUT2D eigenvalue weighted by Crippen LogP contribution is 2.57. The first-order valence-corrected chi connectivity index (χ1v) is 10.6. The van der Waals surface area contributed by atoms with E-state index in [0.29, 0.717) is 5.90 Å². The van der Waals surface area contributed by atoms with E-state index in [1.54, 1.807) is 7.11 Å². The van der Waals surface area contributed by atoms with Crippen molar-refractivity contribution < 1.29 is 9.47 Å². The second-order valence-corrected chi connectivity index (χ2v) is 8.84. The quantitative estimate of drug-likeness (QED) is 0.326. The zero-order valence-corrected chi connectivity index (χ0v) is 18.1. The van der Waals surface area contributed by atoms with Crippen LogP contribution in [0.1, 0.15) is 19.4 Å². The predicted octanol–water partition coefficient (Wildman–Crippen LogP) is 6.19. The summed E-state index contributed by atoms with van der Waals surface area (Å²) >= 11 is 0. The van der Waals surface area contributed by atoms with Gasteiger partial charge in [-0.15, -0.1) is 0 Å². The number of para-hydroxylation sites is 1. The zero-order chi connectivity index (χ0) is 21.4. The molecule has 1 spiro atoms. The van der Waals surface area contributed by atoms with Crippen LogP contribution in [0.2, 0.25) is 0 Å². The Bertz CT molecular complexity index is 1410. The molecule has 2 heterocycles. The second-order valence-electron chi connectivity index (χ2n) is 8.84. The van der Waals surface area contributed by atoms with Gasteiger partial charge in [-0.05, 0) is 36.2 Å². The van der Waals surface area contributed by atoms with Crippen LogP contribution in [0.4, 0.5) is 11.4 Å². The molecule has 0 bridgehead atoms. The number of aliphatic imine (C=N–C) groups is 1. The summed E-state index contributed by atoms with van der Waals surface area (Å²) in [7, 11) is 3.75. The lowest BCUT2D eigenvalue weighted by Gasteiger charge is -2.47. The maximum absolute atomic E-state index is 7.09. The molecular weight excluding hydrogens is 384 g/mol. The van der Waals surface area contributed by atoms with E-state index < -0.39 is 11.1 Å². The number of hydrogen-bond acceptors (Lipinski definition) is 4. The third kappa shape index (κ3) is 2.07. The van der Waals surface area contributed by atoms with E-state index in [4.69, 9.17) is 14.5 Å². The molecule has 0 saturated heterocycles. The largest absolute Gasteiger partial charge is 0.480 e. The molecule has 0 amide bonds. The Balaban J connectivity index is 1.73. The summed E-state index contributed by atoms with van der Waals surface area (Å²) < 4.78 is 13.1. The number of methoxy groups -OCH3 is 1. The number of hydrogen-bond donors (Lipinski definition) is 0. The molecule has 0 aromatic heterocycles. The van der Waals surface area contributed by atoms with Crippen LogP contribution in [0.25, 0.3) is 21.5 Å². The van der Waals surface area contributed by atoms with E-state index in [1.165, 1.54) is 10.9 Å². The first kappa shape index (κ1) is 18.3. The normalized spacial score (nSPS) is 21.0. The number of nitrogens with zero attached hydrogens (tertiary/aromatic N) is 2. The summed E-state index contributed by atoms with van der Waals surface area (Å²) in [6.45, 7) is 4.41. The van der Waals surface area contributed by atoms with Crippen LogP contribution in [0.3, 0.4) is 0 Å². The van der Waals surface area contributed by atoms with Gasteiger partial charge < -0.3 is 14.4 Å². The van der Waals surface area contributed by atoms with Crippen LogP contribution in [0.15, 0.2) is 77.8 Å². The van der Waals surface area contributed by atoms with Crippen molar-refractivity contribution in [1.82, 2.24) is 0 Å². The molecule has 2 aliphatic heterocycles. The Kier molecular flexibility index (Phi) is 3.54. The van der Waals surface area contributed by atoms with Gasteiger partial charge in [0, 0.05) is 23.5 Å². The van der Waals surface area contributed by atoms with Crippen LogP contribution >= 0.6 is 0 Å². The Hall–Kier alpha value is -3.53. The van der Waals surface area contributed by atoms with E-state index in [-0.39, 0.29) is 0 Å². The Labute approximate surface area is 181 Å². The molecule has 4 nitrogen and oxygen atoms in total. The fraction of sp³-hybridized carbons (Fsp3) is 0.222. The molecule has 0 radical (unpaired) electrons. The van der Waals surface area contributed by atoms with Crippen molar-refractivity contribution in [3.05, 3.63) is 78.4 Å². The van der Waals surface area contributed by atoms with Crippen molar-refractivity contribution >= 4 is 38.8 Å². The fourth-order valence-corrected chi connectivity index (χ4v) is 5.53. The minimum Gasteiger partial charge on any atom is -0.480 e. The molecular formula is C27H24N2O2. The fourth-order valence-electron chi connectivity index (χ4n) is 5.53. The molecule has 0 saturated carbocycles. The lowest BCUT2D eigenvalue weighted by atomic mass is 9.76. The van der Waals surface area contributed by atoms with Crippen molar-refractivity contribution in [2.24, 2.45) is 4.99 Å². The van der Waals surface area contributed by atoms with Crippen molar-refractivity contribution in [3.8, 4) is 5.75 Å². The summed E-state index contributed by atoms with van der Waals surface area (Å²) in [4.78, 5) is 7.31. The minimum atomic E-state index is -0.885. The van der Waals surface area contributed by atoms with Gasteiger partial charge in [0.15, 0.2) is 5.75 Å². The van der Waals surface area contributed by atoms with E-state index in [9.17, 15) is 0 Å². The van der Waals surface area contributed by atoms with Crippen molar-refractivity contribution in [3.63, 3.8) is 0 Å². The zero-order valence-electron chi connectivity index (χ0n) is 18.1. The summed E-state index contributed by atoms with van der Waals surface area (Å²) in [5, 5.41) is 4.46. The van der Waals surface area contributed by atoms with E-state index in [1.807, 2.05) is 6.07 Å². The highest BCUT2D eigenvalue weighted by molar-refractivity contribution is 6.18. The predicted molar refractivity (Wildman–Crippen MR) is 127 cm³/mol. The minimum absolute atomic E-state index is 0.391. The topological polar surface area (TPSA) is 34.1 Å². The SMILES string of the molecule is COC1=Nc2c(c3ccccc3c3ccccc23)O[C@]12N(C)c1ccccc1C2(C)C. The third-order valence-corrected chi connectivity index (χ3v) is 7.06. The first-order valence-electron chi connectivity index (χ1n) is 10.6. The van der Waals surface area contributed by atoms with E-state index in [0.717, 1.165) is 33.3 Å². The van der Waals surface area contributed by atoms with Gasteiger partial charge in [-0.3, -0.25) is 0 Å². The molecule has 4 aromatic carbocycles. The summed E-state index contributed by atoms with van der Waals surface area (Å²) in [6.07, 6.45) is 0. The molecule has 0 unspecified atom stereocenters. The molecule has 0 N–H and O–H groups in total. The number of fused-ring (bicyclic) bond motifs is 7. The molecule has 154 valence electrons. The molecule has 1 atom stereocenters. The highest BCUT2D eigenvalue weighted by atomic mass is 16.6. The average Bonchev–Trinajstić information content (AvgIpc) is 2.98. The van der Waals surface area contributed by atoms with E-state index in [2.05, 4.69) is 92.5 Å². The number of ether oxygens (including phenoxy) is 2. The van der Waals surface area contributed by atoms with Gasteiger partial charge in [-0.1, -0.05) is 66.7 Å². The Morgan fingerprint density at radius 2 is 1.39 bits per heavy atom. The van der Waals surface area contributed by atoms with Crippen molar-refractivity contribution in [2.75, 3.05) is 19.1 Å². The van der Waals surface area contributed by atoms with Gasteiger partial charge >= 0.3 is 0 Å². The van der Waals surface area contributed by atoms with Gasteiger partial charge in [0.25, 0.3) is 11.6 Å². The van der Waals surface area contributed by atoms with Crippen molar-refractivity contribution in [2.45, 2.75) is 25.0 Å². The molecule has 4 heteroatoms. The summed E-state index contributed by atoms with van der Waals surface area (Å²) in [5.74, 6) is 1.38. The lowest BCUT2D eigenvalue weighted by molar-refractivity contribution is 0.0556. The standard InChI is InChI=1S/C27H24N2O2/c1-26(2)21-15-9-10-16-22(21)29(3)27(26)25(30-4)28-23-19-13-7-5-11-17(19)18-12-6-8-14-20(18)24(23)31-27/h5-16H,1-4H3/t27-/m1/s1. The number of likely N-dealkylation sites (N-methyl/N-ethyl adjacent to an activating group) is 1. The number of rotatable bonds is 0. The monoisotopic (exact) mass is 408 g/mol. The summed E-state index contributed by atoms with van der Waals surface area (Å²) in [6, 6.07) is 25.2. The maximum atomic E-state index is 7.09. The van der Waals surface area contributed by atoms with Crippen LogP contribution < -0.4 is 9.64 Å². The molecule has 31 heavy (non-hydrogen) atoms. The Morgan fingerprint density at radius 3 is 2.06 bits per heavy atom. The van der Waals surface area contributed by atoms with Gasteiger partial charge in [-0.2, -0.15) is 0 Å². The Morgan fingerprint density at radius 1 is 0.806 bits per heavy atom. The van der Waals surface area contributed by atoms with Gasteiger partial charge in [0.05, 0.1) is 12.5 Å². The molecule has 0 aliphatic carbocycles. The van der Waals surface area contributed by atoms with E-state index >= 15 is 0 Å².